The van der Waals surface area contributed by atoms with Crippen LogP contribution in [-0.2, 0) is 9.53 Å². The van der Waals surface area contributed by atoms with Crippen LogP contribution in [0.5, 0.6) is 0 Å². The van der Waals surface area contributed by atoms with Crippen LogP contribution >= 0.6 is 11.6 Å². The third kappa shape index (κ3) is 2.86. The van der Waals surface area contributed by atoms with Crippen molar-refractivity contribution in [2.24, 2.45) is 0 Å². The van der Waals surface area contributed by atoms with E-state index in [1.165, 1.54) is 0 Å². The standard InChI is InChI=1S/C18H20ClN3O4/c1-20-16(23)13-7-25-18(8-21(13)2)9-22(10-18)17(24)15-6-11-5-12(19)3-4-14(11)26-15/h3-6,13H,7-10H2,1-2H3,(H,20,23). The Morgan fingerprint density at radius 2 is 2.04 bits per heavy atom. The van der Waals surface area contributed by atoms with Gasteiger partial charge in [0.2, 0.25) is 5.91 Å². The zero-order valence-corrected chi connectivity index (χ0v) is 15.4. The first-order valence-corrected chi connectivity index (χ1v) is 8.83. The van der Waals surface area contributed by atoms with Gasteiger partial charge in [-0.3, -0.25) is 14.5 Å². The van der Waals surface area contributed by atoms with Crippen LogP contribution in [0.2, 0.25) is 5.02 Å². The number of carbonyl (C=O) groups excluding carboxylic acids is 2. The number of likely N-dealkylation sites (tertiary alicyclic amines) is 1. The van der Waals surface area contributed by atoms with E-state index in [9.17, 15) is 9.59 Å². The van der Waals surface area contributed by atoms with Crippen LogP contribution in [0, 0.1) is 0 Å². The van der Waals surface area contributed by atoms with Crippen molar-refractivity contribution in [1.82, 2.24) is 15.1 Å². The molecule has 2 aromatic rings. The lowest BCUT2D eigenvalue weighted by Crippen LogP contribution is -2.73. The Morgan fingerprint density at radius 1 is 1.27 bits per heavy atom. The van der Waals surface area contributed by atoms with Crippen molar-refractivity contribution >= 4 is 34.4 Å². The SMILES string of the molecule is CNC(=O)C1COC2(CN(C(=O)c3cc4cc(Cl)ccc4o3)C2)CN1C. The highest BCUT2D eigenvalue weighted by atomic mass is 35.5. The summed E-state index contributed by atoms with van der Waals surface area (Å²) in [5.41, 5.74) is 0.222. The summed E-state index contributed by atoms with van der Waals surface area (Å²) in [6, 6.07) is 6.67. The summed E-state index contributed by atoms with van der Waals surface area (Å²) in [4.78, 5) is 28.2. The van der Waals surface area contributed by atoms with E-state index in [0.29, 0.717) is 42.6 Å². The fraction of sp³-hybridized carbons (Fsp3) is 0.444. The number of benzene rings is 1. The largest absolute Gasteiger partial charge is 0.451 e. The maximum absolute atomic E-state index is 12.7. The van der Waals surface area contributed by atoms with Gasteiger partial charge in [-0.25, -0.2) is 0 Å². The fourth-order valence-electron chi connectivity index (χ4n) is 3.70. The maximum Gasteiger partial charge on any atom is 0.289 e. The van der Waals surface area contributed by atoms with Gasteiger partial charge in [-0.1, -0.05) is 11.6 Å². The Balaban J connectivity index is 1.42. The number of fused-ring (bicyclic) bond motifs is 1. The second kappa shape index (κ2) is 6.26. The fourth-order valence-corrected chi connectivity index (χ4v) is 3.88. The molecule has 2 aliphatic rings. The monoisotopic (exact) mass is 377 g/mol. The molecule has 7 nitrogen and oxygen atoms in total. The van der Waals surface area contributed by atoms with E-state index < -0.39 is 5.60 Å². The van der Waals surface area contributed by atoms with Crippen LogP contribution in [0.1, 0.15) is 10.6 Å². The molecule has 0 saturated carbocycles. The lowest BCUT2D eigenvalue weighted by molar-refractivity contribution is -0.187. The molecule has 1 unspecified atom stereocenters. The molecule has 0 radical (unpaired) electrons. The van der Waals surface area contributed by atoms with Crippen molar-refractivity contribution in [3.63, 3.8) is 0 Å². The van der Waals surface area contributed by atoms with E-state index in [2.05, 4.69) is 5.32 Å². The molecule has 3 heterocycles. The number of likely N-dealkylation sites (N-methyl/N-ethyl adjacent to an activating group) is 2. The minimum Gasteiger partial charge on any atom is -0.451 e. The molecule has 138 valence electrons. The number of halogens is 1. The maximum atomic E-state index is 12.7. The number of morpholine rings is 1. The number of rotatable bonds is 2. The molecule has 0 bridgehead atoms. The lowest BCUT2D eigenvalue weighted by atomic mass is 9.90. The molecule has 0 aliphatic carbocycles. The second-order valence-corrected chi connectivity index (χ2v) is 7.43. The summed E-state index contributed by atoms with van der Waals surface area (Å²) in [7, 11) is 3.52. The van der Waals surface area contributed by atoms with Gasteiger partial charge in [0.25, 0.3) is 5.91 Å². The van der Waals surface area contributed by atoms with Crippen LogP contribution < -0.4 is 5.32 Å². The molecule has 1 aromatic carbocycles. The number of carbonyl (C=O) groups is 2. The summed E-state index contributed by atoms with van der Waals surface area (Å²) in [6.45, 7) is 1.88. The highest BCUT2D eigenvalue weighted by Gasteiger charge is 2.51. The minimum atomic E-state index is -0.412. The van der Waals surface area contributed by atoms with Crippen LogP contribution in [0.25, 0.3) is 11.0 Å². The highest BCUT2D eigenvalue weighted by molar-refractivity contribution is 6.31. The Kier molecular flexibility index (Phi) is 4.17. The molecule has 4 rings (SSSR count). The van der Waals surface area contributed by atoms with Crippen molar-refractivity contribution in [3.8, 4) is 0 Å². The van der Waals surface area contributed by atoms with Gasteiger partial charge in [-0.2, -0.15) is 0 Å². The summed E-state index contributed by atoms with van der Waals surface area (Å²) in [5.74, 6) is 0.0719. The first kappa shape index (κ1) is 17.3. The molecule has 2 aliphatic heterocycles. The Bertz CT molecular complexity index is 874. The van der Waals surface area contributed by atoms with Gasteiger partial charge in [-0.05, 0) is 31.3 Å². The van der Waals surface area contributed by atoms with Gasteiger partial charge in [0.1, 0.15) is 17.2 Å². The van der Waals surface area contributed by atoms with Crippen LogP contribution in [0.4, 0.5) is 0 Å². The van der Waals surface area contributed by atoms with E-state index in [1.54, 1.807) is 36.2 Å². The highest BCUT2D eigenvalue weighted by Crippen LogP contribution is 2.32. The zero-order chi connectivity index (χ0) is 18.5. The normalized spacial score (nSPS) is 22.4. The van der Waals surface area contributed by atoms with Gasteiger partial charge in [-0.15, -0.1) is 0 Å². The predicted octanol–water partition coefficient (Wildman–Crippen LogP) is 1.36. The van der Waals surface area contributed by atoms with Crippen molar-refractivity contribution in [2.45, 2.75) is 11.6 Å². The molecule has 2 saturated heterocycles. The number of amides is 2. The first-order valence-electron chi connectivity index (χ1n) is 8.45. The molecular weight excluding hydrogens is 358 g/mol. The van der Waals surface area contributed by atoms with Crippen molar-refractivity contribution < 1.29 is 18.7 Å². The van der Waals surface area contributed by atoms with Crippen LogP contribution in [-0.4, -0.2) is 73.6 Å². The molecule has 8 heteroatoms. The second-order valence-electron chi connectivity index (χ2n) is 6.99. The topological polar surface area (TPSA) is 75.0 Å². The molecule has 1 N–H and O–H groups in total. The minimum absolute atomic E-state index is 0.0597. The molecule has 26 heavy (non-hydrogen) atoms. The van der Waals surface area contributed by atoms with E-state index >= 15 is 0 Å². The van der Waals surface area contributed by atoms with Crippen molar-refractivity contribution in [3.05, 3.63) is 35.0 Å². The first-order chi connectivity index (χ1) is 12.4. The van der Waals surface area contributed by atoms with Gasteiger partial charge in [0.15, 0.2) is 5.76 Å². The number of hydrogen-bond donors (Lipinski definition) is 1. The van der Waals surface area contributed by atoms with Gasteiger partial charge >= 0.3 is 0 Å². The summed E-state index contributed by atoms with van der Waals surface area (Å²) >= 11 is 5.98. The van der Waals surface area contributed by atoms with Gasteiger partial charge < -0.3 is 19.4 Å². The number of furan rings is 1. The van der Waals surface area contributed by atoms with E-state index in [4.69, 9.17) is 20.8 Å². The number of nitrogens with one attached hydrogen (secondary N) is 1. The molecule has 1 spiro atoms. The third-order valence-electron chi connectivity index (χ3n) is 5.10. The summed E-state index contributed by atoms with van der Waals surface area (Å²) in [6.07, 6.45) is 0. The summed E-state index contributed by atoms with van der Waals surface area (Å²) in [5, 5.41) is 4.05. The molecule has 1 aromatic heterocycles. The smallest absolute Gasteiger partial charge is 0.289 e. The molecular formula is C18H20ClN3O4. The molecule has 2 amide bonds. The van der Waals surface area contributed by atoms with E-state index in [0.717, 1.165) is 5.39 Å². The Labute approximate surface area is 155 Å². The van der Waals surface area contributed by atoms with Crippen LogP contribution in [0.3, 0.4) is 0 Å². The number of nitrogens with zero attached hydrogens (tertiary/aromatic N) is 2. The Hall–Kier alpha value is -2.09. The van der Waals surface area contributed by atoms with Gasteiger partial charge in [0, 0.05) is 24.0 Å². The van der Waals surface area contributed by atoms with Crippen molar-refractivity contribution in [2.75, 3.05) is 40.3 Å². The average molecular weight is 378 g/mol. The quantitative estimate of drug-likeness (QED) is 0.855. The third-order valence-corrected chi connectivity index (χ3v) is 5.34. The van der Waals surface area contributed by atoms with E-state index in [-0.39, 0.29) is 17.9 Å². The van der Waals surface area contributed by atoms with Crippen LogP contribution in [0.15, 0.2) is 28.7 Å². The average Bonchev–Trinajstić information content (AvgIpc) is 3.01. The van der Waals surface area contributed by atoms with E-state index in [1.807, 2.05) is 11.9 Å². The zero-order valence-electron chi connectivity index (χ0n) is 14.6. The lowest BCUT2D eigenvalue weighted by Gasteiger charge is -2.54. The Morgan fingerprint density at radius 3 is 2.73 bits per heavy atom. The van der Waals surface area contributed by atoms with Crippen molar-refractivity contribution in [1.29, 1.82) is 0 Å². The number of ether oxygens (including phenoxy) is 1. The molecule has 1 atom stereocenters. The molecule has 2 fully saturated rings. The van der Waals surface area contributed by atoms with Gasteiger partial charge in [0.05, 0.1) is 19.7 Å². The summed E-state index contributed by atoms with van der Waals surface area (Å²) < 4.78 is 11.6. The predicted molar refractivity (Wildman–Crippen MR) is 96.3 cm³/mol. The number of hydrogen-bond acceptors (Lipinski definition) is 5.